The number of β-amino-alcohol motifs (C(OH)–C–C–N with tert-alkyl or cyclic N) is 1. The first-order chi connectivity index (χ1) is 31.3. The Kier molecular flexibility index (Phi) is 13.4. The van der Waals surface area contributed by atoms with Crippen molar-refractivity contribution in [2.45, 2.75) is 58.8 Å². The average Bonchev–Trinajstić information content (AvgIpc) is 4.13. The van der Waals surface area contributed by atoms with Gasteiger partial charge in [-0.15, -0.1) is 11.3 Å². The van der Waals surface area contributed by atoms with Crippen LogP contribution in [-0.4, -0.2) is 116 Å². The molecular weight excluding hydrogens is 869 g/mol. The molecule has 1 aliphatic heterocycles. The van der Waals surface area contributed by atoms with Gasteiger partial charge < -0.3 is 40.2 Å². The number of nitrogens with zero attached hydrogens (tertiary/aromatic N) is 7. The number of fused-ring (bicyclic) bond motifs is 4. The fourth-order valence-electron chi connectivity index (χ4n) is 7.80. The van der Waals surface area contributed by atoms with Crippen LogP contribution in [0.15, 0.2) is 72.5 Å². The lowest BCUT2D eigenvalue weighted by Crippen LogP contribution is -2.58. The zero-order chi connectivity index (χ0) is 45.8. The second kappa shape index (κ2) is 19.4. The topological polar surface area (TPSA) is 210 Å². The number of rotatable bonds is 17. The number of likely N-dealkylation sites (tertiary alicyclic amines) is 1. The molecule has 19 heteroatoms. The second-order valence-electron chi connectivity index (χ2n) is 16.8. The minimum atomic E-state index is -0.971. The Labute approximate surface area is 383 Å². The van der Waals surface area contributed by atoms with Crippen molar-refractivity contribution < 1.29 is 33.7 Å². The number of hydrogen-bond acceptors (Lipinski definition) is 14. The second-order valence-corrected chi connectivity index (χ2v) is 18.6. The van der Waals surface area contributed by atoms with E-state index in [-0.39, 0.29) is 45.2 Å². The first-order valence-corrected chi connectivity index (χ1v) is 22.9. The van der Waals surface area contributed by atoms with E-state index >= 15 is 0 Å². The molecule has 0 bridgehead atoms. The lowest BCUT2D eigenvalue weighted by Gasteiger charge is -2.35. The lowest BCUT2D eigenvalue weighted by molar-refractivity contribution is -0.144. The number of anilines is 1. The molecule has 3 atom stereocenters. The van der Waals surface area contributed by atoms with Gasteiger partial charge in [-0.05, 0) is 53.8 Å². The third-order valence-corrected chi connectivity index (χ3v) is 13.1. The van der Waals surface area contributed by atoms with E-state index in [1.165, 1.54) is 16.2 Å². The summed E-state index contributed by atoms with van der Waals surface area (Å²) in [5, 5.41) is 28.8. The molecule has 1 fully saturated rings. The zero-order valence-electron chi connectivity index (χ0n) is 36.7. The van der Waals surface area contributed by atoms with E-state index in [4.69, 9.17) is 24.2 Å². The molecular formula is C46H50N10O7S2. The maximum atomic E-state index is 14.0. The van der Waals surface area contributed by atoms with Gasteiger partial charge in [0.2, 0.25) is 17.7 Å². The van der Waals surface area contributed by atoms with E-state index in [0.29, 0.717) is 41.6 Å². The van der Waals surface area contributed by atoms with E-state index in [9.17, 15) is 24.8 Å². The van der Waals surface area contributed by atoms with Crippen molar-refractivity contribution in [3.8, 4) is 33.6 Å². The third-order valence-electron chi connectivity index (χ3n) is 11.1. The van der Waals surface area contributed by atoms with Crippen LogP contribution in [0, 0.1) is 23.7 Å². The number of nitriles is 1. The summed E-state index contributed by atoms with van der Waals surface area (Å²) in [4.78, 5) is 57.6. The predicted octanol–water partition coefficient (Wildman–Crippen LogP) is 5.43. The SMILES string of the molecule is CNc1c(-c2cn3c(n2)sc2cc(OCCOCCOCC(=O)N[C@H](C(=O)N4C[C@H](O)C[C@H]4C(=O)NCc4ccc(-c5scnc5C)cc4)C(C)(C)C)ccc23)nc2cc(C#N)ccn12. The van der Waals surface area contributed by atoms with Crippen LogP contribution in [0.2, 0.25) is 0 Å². The molecule has 0 radical (unpaired) electrons. The average molecular weight is 919 g/mol. The van der Waals surface area contributed by atoms with Crippen molar-refractivity contribution in [1.82, 2.24) is 39.3 Å². The zero-order valence-corrected chi connectivity index (χ0v) is 38.3. The summed E-state index contributed by atoms with van der Waals surface area (Å²) >= 11 is 3.10. The quantitative estimate of drug-likeness (QED) is 0.0844. The molecule has 3 amide bonds. The molecule has 0 spiro atoms. The number of aliphatic hydroxyl groups is 1. The van der Waals surface area contributed by atoms with Crippen molar-refractivity contribution in [3.63, 3.8) is 0 Å². The first-order valence-electron chi connectivity index (χ1n) is 21.2. The fraction of sp³-hybridized carbons (Fsp3) is 0.370. The number of aromatic nitrogens is 5. The maximum Gasteiger partial charge on any atom is 0.246 e. The number of amides is 3. The van der Waals surface area contributed by atoms with E-state index < -0.39 is 35.4 Å². The van der Waals surface area contributed by atoms with Crippen molar-refractivity contribution in [2.24, 2.45) is 5.41 Å². The van der Waals surface area contributed by atoms with E-state index in [0.717, 1.165) is 42.7 Å². The van der Waals surface area contributed by atoms with Crippen molar-refractivity contribution in [3.05, 3.63) is 89.3 Å². The molecule has 17 nitrogen and oxygen atoms in total. The van der Waals surface area contributed by atoms with Gasteiger partial charge in [-0.2, -0.15) is 5.26 Å². The van der Waals surface area contributed by atoms with Gasteiger partial charge in [0.1, 0.15) is 53.9 Å². The Hall–Kier alpha value is -6.43. The number of thiazole rings is 2. The lowest BCUT2D eigenvalue weighted by atomic mass is 9.85. The molecule has 0 unspecified atom stereocenters. The van der Waals surface area contributed by atoms with Gasteiger partial charge in [-0.25, -0.2) is 15.0 Å². The molecule has 4 N–H and O–H groups in total. The molecule has 6 heterocycles. The number of aliphatic hydroxyl groups excluding tert-OH is 1. The number of imidazole rings is 2. The minimum absolute atomic E-state index is 0.0189. The van der Waals surface area contributed by atoms with Gasteiger partial charge >= 0.3 is 0 Å². The Bertz CT molecular complexity index is 2890. The van der Waals surface area contributed by atoms with Crippen LogP contribution >= 0.6 is 22.7 Å². The number of nitrogens with one attached hydrogen (secondary N) is 3. The highest BCUT2D eigenvalue weighted by Gasteiger charge is 2.44. The molecule has 7 aromatic rings. The highest BCUT2D eigenvalue weighted by molar-refractivity contribution is 7.23. The third kappa shape index (κ3) is 9.96. The molecule has 338 valence electrons. The van der Waals surface area contributed by atoms with Crippen LogP contribution in [0.5, 0.6) is 5.75 Å². The number of hydrogen-bond donors (Lipinski definition) is 4. The van der Waals surface area contributed by atoms with Crippen LogP contribution in [0.4, 0.5) is 5.82 Å². The molecule has 5 aromatic heterocycles. The van der Waals surface area contributed by atoms with Crippen LogP contribution in [0.3, 0.4) is 0 Å². The van der Waals surface area contributed by atoms with Gasteiger partial charge in [0.15, 0.2) is 4.96 Å². The number of benzene rings is 2. The summed E-state index contributed by atoms with van der Waals surface area (Å²) in [5.74, 6) is 0.162. The highest BCUT2D eigenvalue weighted by Crippen LogP contribution is 2.35. The number of ether oxygens (including phenoxy) is 3. The summed E-state index contributed by atoms with van der Waals surface area (Å²) < 4.78 is 22.1. The molecule has 1 saturated heterocycles. The van der Waals surface area contributed by atoms with Crippen molar-refractivity contribution >= 4 is 67.0 Å². The molecule has 1 aliphatic rings. The fourth-order valence-corrected chi connectivity index (χ4v) is 9.65. The van der Waals surface area contributed by atoms with Gasteiger partial charge in [0.25, 0.3) is 0 Å². The minimum Gasteiger partial charge on any atom is -0.491 e. The number of carbonyl (C=O) groups excluding carboxylic acids is 3. The molecule has 8 rings (SSSR count). The van der Waals surface area contributed by atoms with Crippen LogP contribution in [0.1, 0.15) is 44.0 Å². The van der Waals surface area contributed by atoms with Crippen LogP contribution in [-0.2, 0) is 30.4 Å². The normalized spacial score (nSPS) is 15.7. The van der Waals surface area contributed by atoms with Crippen molar-refractivity contribution in [2.75, 3.05) is 51.9 Å². The summed E-state index contributed by atoms with van der Waals surface area (Å²) in [6.07, 6.45) is 2.99. The van der Waals surface area contributed by atoms with Crippen molar-refractivity contribution in [1.29, 1.82) is 5.26 Å². The Morgan fingerprint density at radius 3 is 2.54 bits per heavy atom. The van der Waals surface area contributed by atoms with Crippen LogP contribution < -0.4 is 20.7 Å². The van der Waals surface area contributed by atoms with E-state index in [1.54, 1.807) is 23.5 Å². The van der Waals surface area contributed by atoms with Gasteiger partial charge in [-0.3, -0.25) is 23.2 Å². The molecule has 0 saturated carbocycles. The van der Waals surface area contributed by atoms with Gasteiger partial charge in [-0.1, -0.05) is 56.4 Å². The summed E-state index contributed by atoms with van der Waals surface area (Å²) in [7, 11) is 1.83. The predicted molar refractivity (Wildman–Crippen MR) is 248 cm³/mol. The molecule has 0 aliphatic carbocycles. The maximum absolute atomic E-state index is 14.0. The van der Waals surface area contributed by atoms with Crippen LogP contribution in [0.25, 0.3) is 42.7 Å². The largest absolute Gasteiger partial charge is 0.491 e. The summed E-state index contributed by atoms with van der Waals surface area (Å²) in [5.41, 5.74) is 7.58. The highest BCUT2D eigenvalue weighted by atomic mass is 32.1. The summed E-state index contributed by atoms with van der Waals surface area (Å²) in [6, 6.07) is 17.5. The number of pyridine rings is 1. The Balaban J connectivity index is 0.766. The molecule has 2 aromatic carbocycles. The molecule has 65 heavy (non-hydrogen) atoms. The Morgan fingerprint density at radius 2 is 1.80 bits per heavy atom. The monoisotopic (exact) mass is 918 g/mol. The first kappa shape index (κ1) is 45.1. The van der Waals surface area contributed by atoms with E-state index in [2.05, 4.69) is 27.0 Å². The standard InChI is InChI=1S/C46H50N10O7S2/c1-27-40(64-26-50-27)30-8-6-28(7-9-30)22-49-43(59)35-19-31(57)23-55(35)44(60)41(46(2,3)4)53-38(58)25-62-15-14-61-16-17-63-32-10-11-34-36(20-32)65-45-51-33(24-56(34)45)39-42(48-5)54-13-12-29(21-47)18-37(54)52-39/h6-13,18,20,24,26,31,35,41,48,57H,14-17,19,22-23,25H2,1-5H3,(H,49,59)(H,53,58)/t31-,35+,41-/m1/s1. The number of aryl methyl sites for hydroxylation is 1. The smallest absolute Gasteiger partial charge is 0.246 e. The van der Waals surface area contributed by atoms with E-state index in [1.807, 2.05) is 104 Å². The number of carbonyl (C=O) groups is 3. The Morgan fingerprint density at radius 1 is 1.02 bits per heavy atom. The summed E-state index contributed by atoms with van der Waals surface area (Å²) in [6.45, 7) is 8.36. The van der Waals surface area contributed by atoms with Gasteiger partial charge in [0.05, 0.1) is 63.9 Å². The van der Waals surface area contributed by atoms with Gasteiger partial charge in [0, 0.05) is 39.0 Å².